The van der Waals surface area contributed by atoms with Gasteiger partial charge in [0.1, 0.15) is 22.9 Å². The average molecular weight is 265 g/mol. The number of nitrogens with two attached hydrogens (primary N) is 1. The first-order chi connectivity index (χ1) is 8.63. The van der Waals surface area contributed by atoms with Crippen LogP contribution in [0.3, 0.4) is 0 Å². The van der Waals surface area contributed by atoms with Crippen LogP contribution in [0.4, 0.5) is 17.3 Å². The Morgan fingerprint density at radius 2 is 1.89 bits per heavy atom. The van der Waals surface area contributed by atoms with Crippen LogP contribution < -0.4 is 15.4 Å². The highest BCUT2D eigenvalue weighted by molar-refractivity contribution is 6.35. The van der Waals surface area contributed by atoms with Crippen molar-refractivity contribution in [2.24, 2.45) is 0 Å². The fraction of sp³-hybridized carbons (Fsp3) is 0.167. The molecule has 18 heavy (non-hydrogen) atoms. The molecule has 1 aromatic heterocycles. The van der Waals surface area contributed by atoms with Gasteiger partial charge in [0.05, 0.1) is 7.11 Å². The van der Waals surface area contributed by atoms with E-state index in [1.165, 1.54) is 6.33 Å². The van der Waals surface area contributed by atoms with E-state index in [1.54, 1.807) is 7.11 Å². The van der Waals surface area contributed by atoms with Gasteiger partial charge in [-0.15, -0.1) is 0 Å². The molecule has 2 aromatic rings. The molecule has 6 heteroatoms. The topological polar surface area (TPSA) is 64.3 Å². The van der Waals surface area contributed by atoms with Crippen molar-refractivity contribution >= 4 is 28.9 Å². The number of nitrogen functional groups attached to an aromatic ring is 1. The number of hydrogen-bond donors (Lipinski definition) is 1. The molecule has 94 valence electrons. The number of anilines is 3. The van der Waals surface area contributed by atoms with Gasteiger partial charge in [-0.25, -0.2) is 9.97 Å². The van der Waals surface area contributed by atoms with Crippen molar-refractivity contribution in [3.8, 4) is 5.75 Å². The Labute approximate surface area is 110 Å². The number of rotatable bonds is 3. The van der Waals surface area contributed by atoms with E-state index in [4.69, 9.17) is 22.1 Å². The summed E-state index contributed by atoms with van der Waals surface area (Å²) >= 11 is 6.08. The van der Waals surface area contributed by atoms with Gasteiger partial charge in [0.25, 0.3) is 0 Å². The van der Waals surface area contributed by atoms with Crippen molar-refractivity contribution in [1.82, 2.24) is 9.97 Å². The number of hydrogen-bond acceptors (Lipinski definition) is 5. The fourth-order valence-electron chi connectivity index (χ4n) is 1.54. The molecule has 1 heterocycles. The molecule has 0 aliphatic heterocycles. The normalized spacial score (nSPS) is 10.2. The molecule has 1 aromatic carbocycles. The van der Waals surface area contributed by atoms with Gasteiger partial charge in [-0.05, 0) is 24.3 Å². The summed E-state index contributed by atoms with van der Waals surface area (Å²) in [4.78, 5) is 9.79. The van der Waals surface area contributed by atoms with E-state index < -0.39 is 0 Å². The van der Waals surface area contributed by atoms with E-state index in [9.17, 15) is 0 Å². The van der Waals surface area contributed by atoms with Crippen LogP contribution in [0.25, 0.3) is 0 Å². The minimum Gasteiger partial charge on any atom is -0.497 e. The van der Waals surface area contributed by atoms with Crippen molar-refractivity contribution < 1.29 is 4.74 Å². The lowest BCUT2D eigenvalue weighted by Crippen LogP contribution is -2.12. The molecule has 0 saturated carbocycles. The number of methoxy groups -OCH3 is 1. The smallest absolute Gasteiger partial charge is 0.157 e. The number of ether oxygens (including phenoxy) is 1. The number of nitrogens with zero attached hydrogens (tertiary/aromatic N) is 3. The maximum atomic E-state index is 6.08. The Kier molecular flexibility index (Phi) is 3.53. The molecule has 0 atom stereocenters. The van der Waals surface area contributed by atoms with Gasteiger partial charge in [-0.2, -0.15) is 0 Å². The van der Waals surface area contributed by atoms with E-state index in [0.717, 1.165) is 11.4 Å². The van der Waals surface area contributed by atoms with Gasteiger partial charge >= 0.3 is 0 Å². The highest BCUT2D eigenvalue weighted by Gasteiger charge is 2.12. The zero-order valence-electron chi connectivity index (χ0n) is 10.1. The first-order valence-corrected chi connectivity index (χ1v) is 5.65. The molecule has 0 saturated heterocycles. The summed E-state index contributed by atoms with van der Waals surface area (Å²) in [6.45, 7) is 0. The molecule has 2 N–H and O–H groups in total. The quantitative estimate of drug-likeness (QED) is 0.923. The lowest BCUT2D eigenvalue weighted by molar-refractivity contribution is 0.415. The van der Waals surface area contributed by atoms with Gasteiger partial charge in [-0.1, -0.05) is 11.6 Å². The van der Waals surface area contributed by atoms with Crippen LogP contribution in [0.1, 0.15) is 0 Å². The molecule has 0 bridgehead atoms. The first-order valence-electron chi connectivity index (χ1n) is 5.27. The summed E-state index contributed by atoms with van der Waals surface area (Å²) in [5.41, 5.74) is 6.58. The summed E-state index contributed by atoms with van der Waals surface area (Å²) in [7, 11) is 3.48. The van der Waals surface area contributed by atoms with Crippen LogP contribution in [0.15, 0.2) is 30.6 Å². The Hall–Kier alpha value is -2.01. The van der Waals surface area contributed by atoms with E-state index >= 15 is 0 Å². The van der Waals surface area contributed by atoms with Gasteiger partial charge in [0, 0.05) is 12.7 Å². The second-order valence-corrected chi connectivity index (χ2v) is 4.03. The van der Waals surface area contributed by atoms with Crippen molar-refractivity contribution in [3.63, 3.8) is 0 Å². The van der Waals surface area contributed by atoms with E-state index in [0.29, 0.717) is 10.8 Å². The lowest BCUT2D eigenvalue weighted by Gasteiger charge is -2.19. The van der Waals surface area contributed by atoms with Gasteiger partial charge in [0.15, 0.2) is 5.82 Å². The summed E-state index contributed by atoms with van der Waals surface area (Å²) in [6.07, 6.45) is 1.39. The minimum atomic E-state index is 0.266. The molecule has 0 amide bonds. The highest BCUT2D eigenvalue weighted by atomic mass is 35.5. The van der Waals surface area contributed by atoms with Crippen LogP contribution in [0, 0.1) is 0 Å². The zero-order chi connectivity index (χ0) is 13.1. The van der Waals surface area contributed by atoms with E-state index in [-0.39, 0.29) is 5.82 Å². The second kappa shape index (κ2) is 5.10. The molecule has 0 unspecified atom stereocenters. The minimum absolute atomic E-state index is 0.266. The summed E-state index contributed by atoms with van der Waals surface area (Å²) < 4.78 is 5.11. The SMILES string of the molecule is COc1ccc(N(C)c2ncnc(N)c2Cl)cc1. The predicted molar refractivity (Wildman–Crippen MR) is 72.5 cm³/mol. The predicted octanol–water partition coefficient (Wildman–Crippen LogP) is 2.49. The zero-order valence-corrected chi connectivity index (χ0v) is 10.8. The number of aromatic nitrogens is 2. The van der Waals surface area contributed by atoms with Crippen molar-refractivity contribution in [2.75, 3.05) is 24.8 Å². The summed E-state index contributed by atoms with van der Waals surface area (Å²) in [6, 6.07) is 7.55. The van der Waals surface area contributed by atoms with Crippen LogP contribution in [0.5, 0.6) is 5.75 Å². The highest BCUT2D eigenvalue weighted by Crippen LogP contribution is 2.31. The van der Waals surface area contributed by atoms with Crippen molar-refractivity contribution in [1.29, 1.82) is 0 Å². The molecule has 0 radical (unpaired) electrons. The van der Waals surface area contributed by atoms with Crippen LogP contribution >= 0.6 is 11.6 Å². The lowest BCUT2D eigenvalue weighted by atomic mass is 10.3. The maximum absolute atomic E-state index is 6.08. The molecule has 0 aliphatic carbocycles. The summed E-state index contributed by atoms with van der Waals surface area (Å²) in [5.74, 6) is 1.62. The summed E-state index contributed by atoms with van der Waals surface area (Å²) in [5, 5.41) is 0.343. The maximum Gasteiger partial charge on any atom is 0.157 e. The Bertz CT molecular complexity index is 544. The molecule has 2 rings (SSSR count). The van der Waals surface area contributed by atoms with Crippen LogP contribution in [-0.4, -0.2) is 24.1 Å². The Morgan fingerprint density at radius 1 is 1.22 bits per heavy atom. The van der Waals surface area contributed by atoms with Crippen LogP contribution in [0.2, 0.25) is 5.02 Å². The molecular formula is C12H13ClN4O. The molecular weight excluding hydrogens is 252 g/mol. The monoisotopic (exact) mass is 264 g/mol. The molecule has 0 aliphatic rings. The molecule has 0 fully saturated rings. The average Bonchev–Trinajstić information content (AvgIpc) is 2.41. The third-order valence-corrected chi connectivity index (χ3v) is 2.94. The Balaban J connectivity index is 2.35. The molecule has 5 nitrogen and oxygen atoms in total. The Morgan fingerprint density at radius 3 is 2.50 bits per heavy atom. The van der Waals surface area contributed by atoms with Gasteiger partial charge in [0.2, 0.25) is 0 Å². The van der Waals surface area contributed by atoms with Crippen molar-refractivity contribution in [2.45, 2.75) is 0 Å². The standard InChI is InChI=1S/C12H13ClN4O/c1-17(8-3-5-9(18-2)6-4-8)12-10(13)11(14)15-7-16-12/h3-7H,1-2H3,(H2,14,15,16). The van der Waals surface area contributed by atoms with Crippen molar-refractivity contribution in [3.05, 3.63) is 35.6 Å². The van der Waals surface area contributed by atoms with Gasteiger partial charge < -0.3 is 15.4 Å². The second-order valence-electron chi connectivity index (χ2n) is 3.65. The third-order valence-electron chi connectivity index (χ3n) is 2.58. The molecule has 0 spiro atoms. The fourth-order valence-corrected chi connectivity index (χ4v) is 1.76. The number of benzene rings is 1. The number of halogens is 1. The first kappa shape index (κ1) is 12.4. The van der Waals surface area contributed by atoms with E-state index in [1.807, 2.05) is 36.2 Å². The van der Waals surface area contributed by atoms with Gasteiger partial charge in [-0.3, -0.25) is 0 Å². The van der Waals surface area contributed by atoms with E-state index in [2.05, 4.69) is 9.97 Å². The third kappa shape index (κ3) is 2.31. The largest absolute Gasteiger partial charge is 0.497 e. The van der Waals surface area contributed by atoms with Crippen LogP contribution in [-0.2, 0) is 0 Å².